The molecule has 2 amide bonds. The van der Waals surface area contributed by atoms with Crippen molar-refractivity contribution in [2.24, 2.45) is 0 Å². The molecule has 0 unspecified atom stereocenters. The van der Waals surface area contributed by atoms with Gasteiger partial charge in [0.05, 0.1) is 26.9 Å². The Labute approximate surface area is 136 Å². The van der Waals surface area contributed by atoms with Gasteiger partial charge in [-0.3, -0.25) is 24.3 Å². The predicted octanol–water partition coefficient (Wildman–Crippen LogP) is 1.08. The molecule has 3 rings (SSSR count). The average molecular weight is 377 g/mol. The van der Waals surface area contributed by atoms with E-state index >= 15 is 0 Å². The number of fused-ring (bicyclic) bond motifs is 1. The third-order valence-corrected chi connectivity index (χ3v) is 4.12. The number of nitrogens with zero attached hydrogens (tertiary/aromatic N) is 2. The van der Waals surface area contributed by atoms with Crippen LogP contribution in [0, 0.1) is 17.1 Å². The first-order valence-corrected chi connectivity index (χ1v) is 6.95. The largest absolute Gasteiger partial charge is 0.384 e. The van der Waals surface area contributed by atoms with E-state index in [1.54, 1.807) is 0 Å². The minimum atomic E-state index is -0.770. The van der Waals surface area contributed by atoms with E-state index in [0.29, 0.717) is 0 Å². The van der Waals surface area contributed by atoms with Gasteiger partial charge in [0.2, 0.25) is 0 Å². The van der Waals surface area contributed by atoms with Gasteiger partial charge in [0, 0.05) is 6.07 Å². The van der Waals surface area contributed by atoms with Crippen LogP contribution in [0.2, 0.25) is 0 Å². The number of hydrogen-bond donors (Lipinski definition) is 2. The summed E-state index contributed by atoms with van der Waals surface area (Å²) in [7, 11) is 0. The van der Waals surface area contributed by atoms with Gasteiger partial charge in [0.25, 0.3) is 17.4 Å². The van der Waals surface area contributed by atoms with E-state index in [1.165, 1.54) is 6.07 Å². The topological polar surface area (TPSA) is 118 Å². The second-order valence-electron chi connectivity index (χ2n) is 4.64. The number of nitriles is 1. The lowest BCUT2D eigenvalue weighted by atomic mass is 10.1. The summed E-state index contributed by atoms with van der Waals surface area (Å²) >= 11 is 2.98. The summed E-state index contributed by atoms with van der Waals surface area (Å²) in [5.74, 6) is -2.56. The van der Waals surface area contributed by atoms with Gasteiger partial charge in [-0.1, -0.05) is 0 Å². The number of nitrogens with one attached hydrogen (secondary N) is 1. The van der Waals surface area contributed by atoms with Crippen molar-refractivity contribution in [2.45, 2.75) is 0 Å². The molecule has 114 valence electrons. The molecule has 0 spiro atoms. The Morgan fingerprint density at radius 2 is 1.96 bits per heavy atom. The summed E-state index contributed by atoms with van der Waals surface area (Å²) in [4.78, 5) is 35.8. The Morgan fingerprint density at radius 1 is 1.26 bits per heavy atom. The van der Waals surface area contributed by atoms with Crippen LogP contribution >= 0.6 is 15.9 Å². The number of anilines is 1. The highest BCUT2D eigenvalue weighted by atomic mass is 79.9. The first-order valence-electron chi connectivity index (χ1n) is 6.16. The van der Waals surface area contributed by atoms with Gasteiger partial charge in [-0.15, -0.1) is 0 Å². The van der Waals surface area contributed by atoms with Crippen molar-refractivity contribution in [1.29, 1.82) is 5.26 Å². The number of benzene rings is 1. The number of nitrogens with two attached hydrogens (primary N) is 1. The molecule has 0 atom stereocenters. The normalized spacial score (nSPS) is 12.7. The molecule has 1 aliphatic heterocycles. The van der Waals surface area contributed by atoms with E-state index in [2.05, 4.69) is 15.9 Å². The zero-order chi connectivity index (χ0) is 16.9. The molecule has 2 heterocycles. The summed E-state index contributed by atoms with van der Waals surface area (Å²) in [6, 6.07) is 4.98. The standard InChI is InChI=1S/C14H6BrFN4O3/c15-10-7(16)2-1-5(4-17)11(10)20-8(21)3-6-9(12(20)18)14(23)19-13(6)22/h1-3H,18H2,(H,19,22,23). The molecule has 3 N–H and O–H groups in total. The van der Waals surface area contributed by atoms with Crippen LogP contribution in [-0.2, 0) is 0 Å². The summed E-state index contributed by atoms with van der Waals surface area (Å²) in [5, 5.41) is 11.2. The molecule has 2 aromatic rings. The number of aromatic nitrogens is 1. The number of pyridine rings is 1. The lowest BCUT2D eigenvalue weighted by molar-refractivity contribution is 0.0880. The van der Waals surface area contributed by atoms with E-state index in [4.69, 9.17) is 5.73 Å². The van der Waals surface area contributed by atoms with Crippen LogP contribution in [0.4, 0.5) is 10.2 Å². The highest BCUT2D eigenvalue weighted by Crippen LogP contribution is 2.30. The molecule has 0 radical (unpaired) electrons. The second-order valence-corrected chi connectivity index (χ2v) is 5.44. The summed E-state index contributed by atoms with van der Waals surface area (Å²) in [6.45, 7) is 0. The van der Waals surface area contributed by atoms with Crippen molar-refractivity contribution in [3.63, 3.8) is 0 Å². The third kappa shape index (κ3) is 2.03. The molecule has 9 heteroatoms. The fourth-order valence-corrected chi connectivity index (χ4v) is 2.88. The van der Waals surface area contributed by atoms with Gasteiger partial charge in [-0.05, 0) is 28.1 Å². The van der Waals surface area contributed by atoms with Gasteiger partial charge in [-0.2, -0.15) is 5.26 Å². The average Bonchev–Trinajstić information content (AvgIpc) is 2.78. The number of nitrogen functional groups attached to an aromatic ring is 1. The fraction of sp³-hybridized carbons (Fsp3) is 0. The van der Waals surface area contributed by atoms with Crippen LogP contribution in [0.3, 0.4) is 0 Å². The molecular formula is C14H6BrFN4O3. The number of rotatable bonds is 1. The number of carbonyl (C=O) groups excluding carboxylic acids is 2. The Morgan fingerprint density at radius 3 is 2.61 bits per heavy atom. The smallest absolute Gasteiger partial charge is 0.262 e. The van der Waals surface area contributed by atoms with E-state index < -0.39 is 23.2 Å². The van der Waals surface area contributed by atoms with Crippen LogP contribution < -0.4 is 16.6 Å². The Kier molecular flexibility index (Phi) is 3.26. The second kappa shape index (κ2) is 5.03. The highest BCUT2D eigenvalue weighted by molar-refractivity contribution is 9.10. The molecule has 0 saturated carbocycles. The zero-order valence-corrected chi connectivity index (χ0v) is 12.8. The molecule has 0 bridgehead atoms. The van der Waals surface area contributed by atoms with Gasteiger partial charge in [0.15, 0.2) is 0 Å². The summed E-state index contributed by atoms with van der Waals surface area (Å²) in [5.41, 5.74) is 4.59. The first kappa shape index (κ1) is 14.9. The Hall–Kier alpha value is -2.99. The van der Waals surface area contributed by atoms with Crippen molar-refractivity contribution in [3.8, 4) is 11.8 Å². The zero-order valence-electron chi connectivity index (χ0n) is 11.2. The van der Waals surface area contributed by atoms with Crippen LogP contribution in [-0.4, -0.2) is 16.4 Å². The van der Waals surface area contributed by atoms with Crippen molar-refractivity contribution in [3.05, 3.63) is 55.5 Å². The molecule has 0 aliphatic carbocycles. The van der Waals surface area contributed by atoms with E-state index in [1.807, 2.05) is 11.4 Å². The van der Waals surface area contributed by atoms with Crippen LogP contribution in [0.5, 0.6) is 0 Å². The lowest BCUT2D eigenvalue weighted by Crippen LogP contribution is -2.25. The number of halogens is 2. The van der Waals surface area contributed by atoms with Gasteiger partial charge >= 0.3 is 0 Å². The Bertz CT molecular complexity index is 1010. The molecule has 1 aromatic heterocycles. The van der Waals surface area contributed by atoms with E-state index in [9.17, 15) is 24.0 Å². The lowest BCUT2D eigenvalue weighted by Gasteiger charge is -2.15. The van der Waals surface area contributed by atoms with Crippen molar-refractivity contribution >= 4 is 33.6 Å². The maximum absolute atomic E-state index is 13.8. The predicted molar refractivity (Wildman–Crippen MR) is 80.6 cm³/mol. The Balaban J connectivity index is 2.46. The molecule has 1 aliphatic rings. The maximum atomic E-state index is 13.8. The number of hydrogen-bond acceptors (Lipinski definition) is 5. The molecule has 7 nitrogen and oxygen atoms in total. The quantitative estimate of drug-likeness (QED) is 0.721. The van der Waals surface area contributed by atoms with Gasteiger partial charge < -0.3 is 5.73 Å². The number of amides is 2. The van der Waals surface area contributed by atoms with Crippen LogP contribution in [0.15, 0.2) is 27.5 Å². The number of carbonyl (C=O) groups is 2. The fourth-order valence-electron chi connectivity index (χ4n) is 2.36. The van der Waals surface area contributed by atoms with Gasteiger partial charge in [0.1, 0.15) is 17.7 Å². The summed E-state index contributed by atoms with van der Waals surface area (Å²) in [6.07, 6.45) is 0. The highest BCUT2D eigenvalue weighted by Gasteiger charge is 2.32. The van der Waals surface area contributed by atoms with Crippen molar-refractivity contribution in [2.75, 3.05) is 5.73 Å². The third-order valence-electron chi connectivity index (χ3n) is 3.37. The molecule has 1 aromatic carbocycles. The molecule has 0 fully saturated rings. The molecule has 0 saturated heterocycles. The van der Waals surface area contributed by atoms with Crippen molar-refractivity contribution in [1.82, 2.24) is 9.88 Å². The minimum absolute atomic E-state index is 0.0308. The maximum Gasteiger partial charge on any atom is 0.262 e. The molecular weight excluding hydrogens is 371 g/mol. The minimum Gasteiger partial charge on any atom is -0.384 e. The summed E-state index contributed by atoms with van der Waals surface area (Å²) < 4.78 is 14.5. The molecule has 23 heavy (non-hydrogen) atoms. The first-order chi connectivity index (χ1) is 10.9. The van der Waals surface area contributed by atoms with E-state index in [-0.39, 0.29) is 32.7 Å². The van der Waals surface area contributed by atoms with E-state index in [0.717, 1.165) is 16.7 Å². The van der Waals surface area contributed by atoms with Crippen LogP contribution in [0.25, 0.3) is 5.69 Å². The SMILES string of the molecule is N#Cc1ccc(F)c(Br)c1-n1c(N)c2c(cc1=O)C(=O)NC2=O. The monoisotopic (exact) mass is 376 g/mol. The van der Waals surface area contributed by atoms with Gasteiger partial charge in [-0.25, -0.2) is 4.39 Å². The number of imide groups is 1. The van der Waals surface area contributed by atoms with Crippen molar-refractivity contribution < 1.29 is 14.0 Å². The van der Waals surface area contributed by atoms with Crippen LogP contribution in [0.1, 0.15) is 26.3 Å².